The van der Waals surface area contributed by atoms with Gasteiger partial charge in [-0.15, -0.1) is 0 Å². The van der Waals surface area contributed by atoms with E-state index in [9.17, 15) is 14.7 Å². The number of hydrogen-bond acceptors (Lipinski definition) is 3. The van der Waals surface area contributed by atoms with Gasteiger partial charge in [0.05, 0.1) is 5.41 Å². The van der Waals surface area contributed by atoms with Crippen LogP contribution in [0.1, 0.15) is 38.8 Å². The molecule has 0 saturated heterocycles. The Hall–Kier alpha value is -1.85. The zero-order valence-corrected chi connectivity index (χ0v) is 12.3. The monoisotopic (exact) mass is 281 g/mol. The number of aliphatic carboxylic acids is 1. The van der Waals surface area contributed by atoms with Gasteiger partial charge in [0.15, 0.2) is 0 Å². The number of aryl methyl sites for hydroxylation is 1. The average molecular weight is 281 g/mol. The highest BCUT2D eigenvalue weighted by molar-refractivity contribution is 5.84. The average Bonchev–Trinajstić information content (AvgIpc) is 2.81. The fourth-order valence-corrected chi connectivity index (χ4v) is 2.22. The standard InChI is InChI=1S/C14H23N3O3/c1-4-14(5-2,13(19)20)10-12(18)15-8-6-11-7-9-16-17(11)3/h7,9H,4-6,8,10H2,1-3H3,(H,15,18)(H,19,20). The van der Waals surface area contributed by atoms with Crippen molar-refractivity contribution in [3.05, 3.63) is 18.0 Å². The summed E-state index contributed by atoms with van der Waals surface area (Å²) in [6.07, 6.45) is 3.32. The Morgan fingerprint density at radius 2 is 2.05 bits per heavy atom. The molecule has 0 saturated carbocycles. The molecule has 1 aromatic rings. The molecule has 0 atom stereocenters. The third-order valence-corrected chi connectivity index (χ3v) is 3.93. The molecule has 0 aliphatic rings. The summed E-state index contributed by atoms with van der Waals surface area (Å²) in [4.78, 5) is 23.2. The normalized spacial score (nSPS) is 11.3. The number of carboxylic acids is 1. The number of aromatic nitrogens is 2. The first kappa shape index (κ1) is 16.2. The van der Waals surface area contributed by atoms with Gasteiger partial charge in [-0.25, -0.2) is 0 Å². The maximum absolute atomic E-state index is 11.9. The molecule has 1 heterocycles. The van der Waals surface area contributed by atoms with Crippen LogP contribution in [0.4, 0.5) is 0 Å². The molecule has 0 aliphatic carbocycles. The smallest absolute Gasteiger partial charge is 0.310 e. The van der Waals surface area contributed by atoms with Crippen molar-refractivity contribution in [1.29, 1.82) is 0 Å². The molecule has 112 valence electrons. The summed E-state index contributed by atoms with van der Waals surface area (Å²) in [6, 6.07) is 1.89. The minimum Gasteiger partial charge on any atom is -0.481 e. The third kappa shape index (κ3) is 3.82. The molecule has 0 spiro atoms. The molecule has 1 amide bonds. The van der Waals surface area contributed by atoms with E-state index >= 15 is 0 Å². The van der Waals surface area contributed by atoms with Crippen LogP contribution in [0.15, 0.2) is 12.3 Å². The van der Waals surface area contributed by atoms with Crippen molar-refractivity contribution in [3.63, 3.8) is 0 Å². The zero-order chi connectivity index (χ0) is 15.2. The molecule has 20 heavy (non-hydrogen) atoms. The van der Waals surface area contributed by atoms with Crippen molar-refractivity contribution >= 4 is 11.9 Å². The first-order valence-electron chi connectivity index (χ1n) is 6.92. The van der Waals surface area contributed by atoms with Gasteiger partial charge >= 0.3 is 5.97 Å². The van der Waals surface area contributed by atoms with Crippen LogP contribution in [0.25, 0.3) is 0 Å². The topological polar surface area (TPSA) is 84.2 Å². The van der Waals surface area contributed by atoms with Gasteiger partial charge in [-0.05, 0) is 18.9 Å². The molecule has 6 heteroatoms. The lowest BCUT2D eigenvalue weighted by molar-refractivity contribution is -0.152. The molecular formula is C14H23N3O3. The summed E-state index contributed by atoms with van der Waals surface area (Å²) >= 11 is 0. The Kier molecular flexibility index (Phi) is 5.73. The molecule has 0 aromatic carbocycles. The van der Waals surface area contributed by atoms with E-state index in [1.807, 2.05) is 13.1 Å². The summed E-state index contributed by atoms with van der Waals surface area (Å²) in [5, 5.41) is 16.1. The van der Waals surface area contributed by atoms with E-state index < -0.39 is 11.4 Å². The highest BCUT2D eigenvalue weighted by atomic mass is 16.4. The van der Waals surface area contributed by atoms with Gasteiger partial charge in [-0.2, -0.15) is 5.10 Å². The second kappa shape index (κ2) is 7.07. The molecule has 0 radical (unpaired) electrons. The molecule has 0 aliphatic heterocycles. The van der Waals surface area contributed by atoms with Gasteiger partial charge in [-0.1, -0.05) is 13.8 Å². The van der Waals surface area contributed by atoms with Gasteiger partial charge in [0.25, 0.3) is 0 Å². The first-order valence-corrected chi connectivity index (χ1v) is 6.92. The lowest BCUT2D eigenvalue weighted by atomic mass is 9.79. The number of carbonyl (C=O) groups is 2. The Balaban J connectivity index is 2.47. The molecule has 0 fully saturated rings. The largest absolute Gasteiger partial charge is 0.481 e. The van der Waals surface area contributed by atoms with E-state index in [1.54, 1.807) is 24.7 Å². The third-order valence-electron chi connectivity index (χ3n) is 3.93. The van der Waals surface area contributed by atoms with Gasteiger partial charge in [0.1, 0.15) is 0 Å². The molecular weight excluding hydrogens is 258 g/mol. The Morgan fingerprint density at radius 1 is 1.40 bits per heavy atom. The fourth-order valence-electron chi connectivity index (χ4n) is 2.22. The lowest BCUT2D eigenvalue weighted by Gasteiger charge is -2.25. The fraction of sp³-hybridized carbons (Fsp3) is 0.643. The van der Waals surface area contributed by atoms with Gasteiger partial charge in [0, 0.05) is 38.3 Å². The Morgan fingerprint density at radius 3 is 2.50 bits per heavy atom. The van der Waals surface area contributed by atoms with Crippen LogP contribution < -0.4 is 5.32 Å². The van der Waals surface area contributed by atoms with Crippen LogP contribution in [0.3, 0.4) is 0 Å². The molecule has 1 rings (SSSR count). The molecule has 2 N–H and O–H groups in total. The van der Waals surface area contributed by atoms with E-state index in [2.05, 4.69) is 10.4 Å². The lowest BCUT2D eigenvalue weighted by Crippen LogP contribution is -2.37. The molecule has 6 nitrogen and oxygen atoms in total. The molecule has 1 aromatic heterocycles. The number of nitrogens with zero attached hydrogens (tertiary/aromatic N) is 2. The number of carboxylic acid groups (broad SMARTS) is 1. The van der Waals surface area contributed by atoms with E-state index in [0.29, 0.717) is 25.8 Å². The maximum atomic E-state index is 11.9. The van der Waals surface area contributed by atoms with Crippen LogP contribution in [-0.2, 0) is 23.1 Å². The minimum atomic E-state index is -0.948. The van der Waals surface area contributed by atoms with E-state index in [1.165, 1.54) is 0 Å². The predicted molar refractivity (Wildman–Crippen MR) is 75.2 cm³/mol. The summed E-state index contributed by atoms with van der Waals surface area (Å²) in [6.45, 7) is 4.10. The van der Waals surface area contributed by atoms with Crippen LogP contribution in [0.2, 0.25) is 0 Å². The summed E-state index contributed by atoms with van der Waals surface area (Å²) < 4.78 is 1.76. The highest BCUT2D eigenvalue weighted by Crippen LogP contribution is 2.30. The highest BCUT2D eigenvalue weighted by Gasteiger charge is 2.36. The number of nitrogens with one attached hydrogen (secondary N) is 1. The quantitative estimate of drug-likeness (QED) is 0.753. The number of carbonyl (C=O) groups excluding carboxylic acids is 1. The van der Waals surface area contributed by atoms with Crippen LogP contribution >= 0.6 is 0 Å². The predicted octanol–water partition coefficient (Wildman–Crippen LogP) is 1.36. The maximum Gasteiger partial charge on any atom is 0.310 e. The van der Waals surface area contributed by atoms with Crippen molar-refractivity contribution < 1.29 is 14.7 Å². The van der Waals surface area contributed by atoms with Crippen LogP contribution in [-0.4, -0.2) is 33.3 Å². The first-order chi connectivity index (χ1) is 9.45. The van der Waals surface area contributed by atoms with Crippen LogP contribution in [0, 0.1) is 5.41 Å². The van der Waals surface area contributed by atoms with E-state index in [0.717, 1.165) is 5.69 Å². The second-order valence-corrected chi connectivity index (χ2v) is 5.02. The van der Waals surface area contributed by atoms with Crippen molar-refractivity contribution in [2.75, 3.05) is 6.54 Å². The summed E-state index contributed by atoms with van der Waals surface area (Å²) in [7, 11) is 1.85. The van der Waals surface area contributed by atoms with E-state index in [4.69, 9.17) is 0 Å². The number of hydrogen-bond donors (Lipinski definition) is 2. The summed E-state index contributed by atoms with van der Waals surface area (Å²) in [5.74, 6) is -1.11. The Labute approximate surface area is 119 Å². The van der Waals surface area contributed by atoms with Gasteiger partial charge in [0.2, 0.25) is 5.91 Å². The number of amides is 1. The van der Waals surface area contributed by atoms with E-state index in [-0.39, 0.29) is 12.3 Å². The molecule has 0 unspecified atom stereocenters. The molecule has 0 bridgehead atoms. The van der Waals surface area contributed by atoms with Crippen molar-refractivity contribution in [2.24, 2.45) is 12.5 Å². The zero-order valence-electron chi connectivity index (χ0n) is 12.3. The van der Waals surface area contributed by atoms with Crippen molar-refractivity contribution in [2.45, 2.75) is 39.5 Å². The second-order valence-electron chi connectivity index (χ2n) is 5.02. The van der Waals surface area contributed by atoms with Gasteiger partial charge in [-0.3, -0.25) is 14.3 Å². The Bertz CT molecular complexity index is 464. The van der Waals surface area contributed by atoms with Gasteiger partial charge < -0.3 is 10.4 Å². The minimum absolute atomic E-state index is 0.0285. The van der Waals surface area contributed by atoms with Crippen molar-refractivity contribution in [3.8, 4) is 0 Å². The van der Waals surface area contributed by atoms with Crippen molar-refractivity contribution in [1.82, 2.24) is 15.1 Å². The number of rotatable bonds is 8. The van der Waals surface area contributed by atoms with Crippen LogP contribution in [0.5, 0.6) is 0 Å². The SMILES string of the molecule is CCC(CC)(CC(=O)NCCc1ccnn1C)C(=O)O. The summed E-state index contributed by atoms with van der Waals surface area (Å²) in [5.41, 5.74) is 0.0807.